The molecule has 2 N–H and O–H groups in total. The van der Waals surface area contributed by atoms with Crippen LogP contribution in [0.3, 0.4) is 0 Å². The van der Waals surface area contributed by atoms with Gasteiger partial charge in [-0.3, -0.25) is 9.59 Å². The number of aliphatic hydroxyl groups is 1. The Balaban J connectivity index is 4.92. The summed E-state index contributed by atoms with van der Waals surface area (Å²) in [5.41, 5.74) is -1.17. The molecule has 0 fully saturated rings. The molecule has 0 bridgehead atoms. The van der Waals surface area contributed by atoms with Crippen molar-refractivity contribution in [1.29, 1.82) is 0 Å². The van der Waals surface area contributed by atoms with Gasteiger partial charge in [-0.1, -0.05) is 41.5 Å². The van der Waals surface area contributed by atoms with Crippen LogP contribution < -0.4 is 5.32 Å². The zero-order valence-corrected chi connectivity index (χ0v) is 11.9. The Bertz CT molecular complexity index is 295. The van der Waals surface area contributed by atoms with Crippen LogP contribution >= 0.6 is 0 Å². The van der Waals surface area contributed by atoms with Crippen LogP contribution in [0.4, 0.5) is 0 Å². The van der Waals surface area contributed by atoms with E-state index in [2.05, 4.69) is 5.32 Å². The summed E-state index contributed by atoms with van der Waals surface area (Å²) >= 11 is 0. The molecule has 1 amide bonds. The van der Waals surface area contributed by atoms with Gasteiger partial charge in [0, 0.05) is 10.8 Å². The van der Waals surface area contributed by atoms with Crippen LogP contribution in [-0.4, -0.2) is 28.9 Å². The van der Waals surface area contributed by atoms with Gasteiger partial charge in [0.25, 0.3) is 0 Å². The Labute approximate surface area is 104 Å². The lowest BCUT2D eigenvalue weighted by Crippen LogP contribution is -2.53. The fourth-order valence-electron chi connectivity index (χ4n) is 1.23. The highest BCUT2D eigenvalue weighted by Gasteiger charge is 2.35. The van der Waals surface area contributed by atoms with Crippen LogP contribution in [0.1, 0.15) is 48.5 Å². The first kappa shape index (κ1) is 16.1. The third-order valence-corrected chi connectivity index (χ3v) is 2.47. The van der Waals surface area contributed by atoms with Gasteiger partial charge >= 0.3 is 0 Å². The minimum Gasteiger partial charge on any atom is -0.391 e. The van der Waals surface area contributed by atoms with E-state index < -0.39 is 23.0 Å². The van der Waals surface area contributed by atoms with Crippen molar-refractivity contribution in [2.45, 2.75) is 60.6 Å². The van der Waals surface area contributed by atoms with Gasteiger partial charge in [0.05, 0.1) is 6.10 Å². The molecule has 0 radical (unpaired) electrons. The number of hydrogen-bond donors (Lipinski definition) is 2. The molecule has 100 valence electrons. The van der Waals surface area contributed by atoms with Crippen molar-refractivity contribution >= 4 is 11.7 Å². The molecule has 4 nitrogen and oxygen atoms in total. The fraction of sp³-hybridized carbons (Fsp3) is 0.846. The van der Waals surface area contributed by atoms with Crippen molar-refractivity contribution in [2.75, 3.05) is 0 Å². The highest BCUT2D eigenvalue weighted by atomic mass is 16.3. The summed E-state index contributed by atoms with van der Waals surface area (Å²) in [6.45, 7) is 12.1. The zero-order chi connectivity index (χ0) is 14.0. The summed E-state index contributed by atoms with van der Waals surface area (Å²) in [6, 6.07) is -0.846. The molecule has 0 saturated heterocycles. The summed E-state index contributed by atoms with van der Waals surface area (Å²) in [5, 5.41) is 12.2. The molecular formula is C13H25NO3. The number of carbonyl (C=O) groups excluding carboxylic acids is 2. The first-order valence-electron chi connectivity index (χ1n) is 5.90. The second kappa shape index (κ2) is 5.17. The van der Waals surface area contributed by atoms with Crippen LogP contribution in [0.15, 0.2) is 0 Å². The molecule has 4 heteroatoms. The Hall–Kier alpha value is -0.900. The van der Waals surface area contributed by atoms with E-state index in [-0.39, 0.29) is 11.7 Å². The van der Waals surface area contributed by atoms with Gasteiger partial charge in [-0.05, 0) is 6.92 Å². The monoisotopic (exact) mass is 243 g/mol. The molecule has 0 aliphatic heterocycles. The van der Waals surface area contributed by atoms with Gasteiger partial charge in [0.15, 0.2) is 5.78 Å². The maximum absolute atomic E-state index is 12.1. The number of ketones is 1. The van der Waals surface area contributed by atoms with E-state index in [1.54, 1.807) is 41.5 Å². The topological polar surface area (TPSA) is 66.4 Å². The van der Waals surface area contributed by atoms with E-state index in [1.807, 2.05) is 0 Å². The number of Topliss-reactive ketones (excluding diaryl/α,β-unsaturated/α-hetero) is 1. The average Bonchev–Trinajstić information content (AvgIpc) is 2.08. The van der Waals surface area contributed by atoms with Crippen LogP contribution in [0.25, 0.3) is 0 Å². The van der Waals surface area contributed by atoms with Gasteiger partial charge in [0.1, 0.15) is 6.04 Å². The standard InChI is InChI=1S/C13H25NO3/c1-8(15)9(10(16)12(2,3)4)14-11(17)13(5,6)7/h8-9,15H,1-7H3,(H,14,17)/t8?,9-/m0/s1. The van der Waals surface area contributed by atoms with Gasteiger partial charge in [-0.2, -0.15) is 0 Å². The normalized spacial score (nSPS) is 16.2. The molecule has 0 rings (SSSR count). The largest absolute Gasteiger partial charge is 0.391 e. The number of aliphatic hydroxyl groups excluding tert-OH is 1. The van der Waals surface area contributed by atoms with E-state index in [0.29, 0.717) is 0 Å². The number of nitrogens with one attached hydrogen (secondary N) is 1. The summed E-state index contributed by atoms with van der Waals surface area (Å²) in [7, 11) is 0. The second-order valence-corrected chi connectivity index (χ2v) is 6.56. The lowest BCUT2D eigenvalue weighted by atomic mass is 9.84. The molecule has 0 aromatic rings. The summed E-state index contributed by atoms with van der Waals surface area (Å²) in [6.07, 6.45) is -0.895. The SMILES string of the molecule is CC(O)[C@H](NC(=O)C(C)(C)C)C(=O)C(C)(C)C. The highest BCUT2D eigenvalue weighted by Crippen LogP contribution is 2.20. The van der Waals surface area contributed by atoms with Crippen LogP contribution in [-0.2, 0) is 9.59 Å². The molecule has 0 saturated carbocycles. The Morgan fingerprint density at radius 2 is 1.41 bits per heavy atom. The summed E-state index contributed by atoms with van der Waals surface area (Å²) in [5.74, 6) is -0.397. The molecule has 0 aliphatic rings. The van der Waals surface area contributed by atoms with Gasteiger partial charge < -0.3 is 10.4 Å². The third kappa shape index (κ3) is 4.86. The second-order valence-electron chi connectivity index (χ2n) is 6.56. The first-order chi connectivity index (χ1) is 7.37. The molecule has 2 atom stereocenters. The van der Waals surface area contributed by atoms with E-state index in [9.17, 15) is 14.7 Å². The van der Waals surface area contributed by atoms with Crippen LogP contribution in [0.2, 0.25) is 0 Å². The van der Waals surface area contributed by atoms with Gasteiger partial charge in [-0.15, -0.1) is 0 Å². The summed E-state index contributed by atoms with van der Waals surface area (Å²) < 4.78 is 0. The maximum Gasteiger partial charge on any atom is 0.226 e. The Morgan fingerprint density at radius 1 is 1.00 bits per heavy atom. The minimum atomic E-state index is -0.895. The number of amides is 1. The van der Waals surface area contributed by atoms with Gasteiger partial charge in [-0.25, -0.2) is 0 Å². The predicted molar refractivity (Wildman–Crippen MR) is 67.5 cm³/mol. The van der Waals surface area contributed by atoms with E-state index in [1.165, 1.54) is 6.92 Å². The zero-order valence-electron chi connectivity index (χ0n) is 11.9. The molecule has 1 unspecified atom stereocenters. The number of rotatable bonds is 3. The van der Waals surface area contributed by atoms with Crippen molar-refractivity contribution in [3.8, 4) is 0 Å². The van der Waals surface area contributed by atoms with E-state index >= 15 is 0 Å². The fourth-order valence-corrected chi connectivity index (χ4v) is 1.23. The third-order valence-electron chi connectivity index (χ3n) is 2.47. The molecule has 0 spiro atoms. The van der Waals surface area contributed by atoms with Gasteiger partial charge in [0.2, 0.25) is 5.91 Å². The predicted octanol–water partition coefficient (Wildman–Crippen LogP) is 1.51. The van der Waals surface area contributed by atoms with Crippen molar-refractivity contribution in [2.24, 2.45) is 10.8 Å². The van der Waals surface area contributed by atoms with E-state index in [4.69, 9.17) is 0 Å². The maximum atomic E-state index is 12.1. The first-order valence-corrected chi connectivity index (χ1v) is 5.90. The van der Waals surface area contributed by atoms with E-state index in [0.717, 1.165) is 0 Å². The molecule has 17 heavy (non-hydrogen) atoms. The smallest absolute Gasteiger partial charge is 0.226 e. The molecular weight excluding hydrogens is 218 g/mol. The number of hydrogen-bond acceptors (Lipinski definition) is 3. The number of carbonyl (C=O) groups is 2. The van der Waals surface area contributed by atoms with Crippen molar-refractivity contribution in [3.05, 3.63) is 0 Å². The molecule has 0 aromatic heterocycles. The Kier molecular flexibility index (Phi) is 4.90. The van der Waals surface area contributed by atoms with Crippen molar-refractivity contribution < 1.29 is 14.7 Å². The van der Waals surface area contributed by atoms with Crippen LogP contribution in [0, 0.1) is 10.8 Å². The average molecular weight is 243 g/mol. The van der Waals surface area contributed by atoms with Crippen molar-refractivity contribution in [3.63, 3.8) is 0 Å². The molecule has 0 heterocycles. The lowest BCUT2D eigenvalue weighted by molar-refractivity contribution is -0.138. The molecule has 0 aliphatic carbocycles. The minimum absolute atomic E-state index is 0.162. The summed E-state index contributed by atoms with van der Waals surface area (Å²) in [4.78, 5) is 23.9. The van der Waals surface area contributed by atoms with Crippen molar-refractivity contribution in [1.82, 2.24) is 5.32 Å². The van der Waals surface area contributed by atoms with Crippen LogP contribution in [0.5, 0.6) is 0 Å². The quantitative estimate of drug-likeness (QED) is 0.789. The Morgan fingerprint density at radius 3 is 1.65 bits per heavy atom. The molecule has 0 aromatic carbocycles. The lowest BCUT2D eigenvalue weighted by Gasteiger charge is -2.29. The highest BCUT2D eigenvalue weighted by molar-refractivity contribution is 5.93.